The van der Waals surface area contributed by atoms with E-state index in [2.05, 4.69) is 41.0 Å². The topological polar surface area (TPSA) is 50.7 Å². The van der Waals surface area contributed by atoms with E-state index in [9.17, 15) is 0 Å². The highest BCUT2D eigenvalue weighted by atomic mass is 14.9. The lowest BCUT2D eigenvalue weighted by atomic mass is 10.1. The Hall–Kier alpha value is -1.81. The maximum atomic E-state index is 4.66. The smallest absolute Gasteiger partial charge is 0.178 e. The van der Waals surface area contributed by atoms with Crippen molar-refractivity contribution < 1.29 is 0 Å². The van der Waals surface area contributed by atoms with Crippen molar-refractivity contribution in [1.29, 1.82) is 0 Å². The van der Waals surface area contributed by atoms with Crippen LogP contribution in [0.5, 0.6) is 0 Å². The predicted molar refractivity (Wildman–Crippen MR) is 86.3 cm³/mol. The van der Waals surface area contributed by atoms with Gasteiger partial charge in [-0.15, -0.1) is 0 Å². The van der Waals surface area contributed by atoms with E-state index in [4.69, 9.17) is 0 Å². The van der Waals surface area contributed by atoms with Crippen molar-refractivity contribution in [2.24, 2.45) is 0 Å². The molecule has 21 heavy (non-hydrogen) atoms. The first kappa shape index (κ1) is 15.6. The van der Waals surface area contributed by atoms with Gasteiger partial charge in [-0.25, -0.2) is 9.97 Å². The van der Waals surface area contributed by atoms with Gasteiger partial charge in [0.25, 0.3) is 0 Å². The number of nitrogens with one attached hydrogen (secondary N) is 1. The van der Waals surface area contributed by atoms with Crippen molar-refractivity contribution in [2.75, 3.05) is 13.1 Å². The predicted octanol–water partition coefficient (Wildman–Crippen LogP) is 3.01. The fraction of sp³-hybridized carbons (Fsp3) is 0.471. The summed E-state index contributed by atoms with van der Waals surface area (Å²) in [6.07, 6.45) is 3.92. The molecule has 0 aliphatic carbocycles. The molecule has 0 atom stereocenters. The fourth-order valence-electron chi connectivity index (χ4n) is 2.44. The average Bonchev–Trinajstić information content (AvgIpc) is 2.46. The molecule has 0 aliphatic rings. The third kappa shape index (κ3) is 3.85. The number of rotatable bonds is 6. The molecule has 2 heterocycles. The van der Waals surface area contributed by atoms with Crippen LogP contribution in [0.3, 0.4) is 0 Å². The number of aromatic nitrogens is 3. The number of nitrogens with zero attached hydrogens (tertiary/aromatic N) is 3. The molecule has 0 amide bonds. The summed E-state index contributed by atoms with van der Waals surface area (Å²) in [6, 6.07) is 3.98. The van der Waals surface area contributed by atoms with Gasteiger partial charge >= 0.3 is 0 Å². The lowest BCUT2D eigenvalue weighted by molar-refractivity contribution is 0.666. The summed E-state index contributed by atoms with van der Waals surface area (Å²) >= 11 is 0. The molecule has 0 aromatic carbocycles. The van der Waals surface area contributed by atoms with Crippen molar-refractivity contribution in [3.8, 4) is 11.5 Å². The number of hydrogen-bond donors (Lipinski definition) is 1. The van der Waals surface area contributed by atoms with Gasteiger partial charge in [0.2, 0.25) is 0 Å². The van der Waals surface area contributed by atoms with Crippen LogP contribution in [-0.4, -0.2) is 28.0 Å². The van der Waals surface area contributed by atoms with E-state index in [0.717, 1.165) is 54.4 Å². The van der Waals surface area contributed by atoms with Crippen LogP contribution in [0.2, 0.25) is 0 Å². The molecule has 1 N–H and O–H groups in total. The number of hydrogen-bond acceptors (Lipinski definition) is 4. The molecule has 0 spiro atoms. The van der Waals surface area contributed by atoms with E-state index in [1.165, 1.54) is 5.56 Å². The van der Waals surface area contributed by atoms with Crippen LogP contribution in [-0.2, 0) is 6.42 Å². The Morgan fingerprint density at radius 2 is 1.76 bits per heavy atom. The standard InChI is InChI=1S/C17H24N4/c1-5-9-18-11-8-15-13(3)20-17(21-14(15)4)16-12(2)7-6-10-19-16/h6-7,10,18H,5,8-9,11H2,1-4H3. The zero-order chi connectivity index (χ0) is 15.2. The summed E-state index contributed by atoms with van der Waals surface area (Å²) in [5.74, 6) is 0.730. The lowest BCUT2D eigenvalue weighted by Crippen LogP contribution is -2.19. The summed E-state index contributed by atoms with van der Waals surface area (Å²) in [7, 11) is 0. The molecule has 2 rings (SSSR count). The zero-order valence-electron chi connectivity index (χ0n) is 13.4. The molecule has 0 saturated carbocycles. The molecular weight excluding hydrogens is 260 g/mol. The quantitative estimate of drug-likeness (QED) is 0.828. The van der Waals surface area contributed by atoms with Crippen LogP contribution in [0.4, 0.5) is 0 Å². The van der Waals surface area contributed by atoms with Crippen LogP contribution in [0.15, 0.2) is 18.3 Å². The Labute approximate surface area is 127 Å². The Kier molecular flexibility index (Phi) is 5.39. The Balaban J connectivity index is 2.23. The molecule has 112 valence electrons. The monoisotopic (exact) mass is 284 g/mol. The molecule has 0 aliphatic heterocycles. The van der Waals surface area contributed by atoms with Crippen molar-refractivity contribution in [3.05, 3.63) is 40.8 Å². The van der Waals surface area contributed by atoms with Gasteiger partial charge in [0.15, 0.2) is 5.82 Å². The fourth-order valence-corrected chi connectivity index (χ4v) is 2.44. The lowest BCUT2D eigenvalue weighted by Gasteiger charge is -2.12. The molecule has 0 bridgehead atoms. The first-order valence-corrected chi connectivity index (χ1v) is 7.60. The van der Waals surface area contributed by atoms with Gasteiger partial charge in [-0.1, -0.05) is 13.0 Å². The van der Waals surface area contributed by atoms with E-state index < -0.39 is 0 Å². The molecule has 2 aromatic rings. The number of pyridine rings is 1. The molecule has 2 aromatic heterocycles. The van der Waals surface area contributed by atoms with Crippen LogP contribution < -0.4 is 5.32 Å². The summed E-state index contributed by atoms with van der Waals surface area (Å²) in [5.41, 5.74) is 5.34. The van der Waals surface area contributed by atoms with E-state index in [0.29, 0.717) is 0 Å². The Bertz CT molecular complexity index is 584. The molecular formula is C17H24N4. The third-order valence-electron chi connectivity index (χ3n) is 3.62. The van der Waals surface area contributed by atoms with Gasteiger partial charge in [0.05, 0.1) is 0 Å². The van der Waals surface area contributed by atoms with Gasteiger partial charge in [-0.05, 0) is 63.9 Å². The minimum atomic E-state index is 0.730. The molecule has 0 radical (unpaired) electrons. The normalized spacial score (nSPS) is 10.9. The van der Waals surface area contributed by atoms with Crippen molar-refractivity contribution in [3.63, 3.8) is 0 Å². The molecule has 4 heteroatoms. The van der Waals surface area contributed by atoms with Crippen LogP contribution in [0, 0.1) is 20.8 Å². The van der Waals surface area contributed by atoms with Crippen molar-refractivity contribution in [1.82, 2.24) is 20.3 Å². The molecule has 0 unspecified atom stereocenters. The molecule has 4 nitrogen and oxygen atoms in total. The first-order chi connectivity index (χ1) is 10.1. The van der Waals surface area contributed by atoms with Crippen LogP contribution in [0.25, 0.3) is 11.5 Å². The Morgan fingerprint density at radius 3 is 2.38 bits per heavy atom. The second-order valence-electron chi connectivity index (χ2n) is 5.37. The second kappa shape index (κ2) is 7.27. The highest BCUT2D eigenvalue weighted by molar-refractivity contribution is 5.55. The van der Waals surface area contributed by atoms with Gasteiger partial charge < -0.3 is 5.32 Å². The minimum absolute atomic E-state index is 0.730. The first-order valence-electron chi connectivity index (χ1n) is 7.60. The van der Waals surface area contributed by atoms with Crippen molar-refractivity contribution in [2.45, 2.75) is 40.5 Å². The second-order valence-corrected chi connectivity index (χ2v) is 5.37. The summed E-state index contributed by atoms with van der Waals surface area (Å²) < 4.78 is 0. The summed E-state index contributed by atoms with van der Waals surface area (Å²) in [6.45, 7) is 10.4. The number of aryl methyl sites for hydroxylation is 3. The zero-order valence-corrected chi connectivity index (χ0v) is 13.4. The van der Waals surface area contributed by atoms with Gasteiger partial charge in [-0.2, -0.15) is 0 Å². The van der Waals surface area contributed by atoms with E-state index in [1.807, 2.05) is 19.1 Å². The third-order valence-corrected chi connectivity index (χ3v) is 3.62. The maximum absolute atomic E-state index is 4.66. The van der Waals surface area contributed by atoms with Crippen LogP contribution in [0.1, 0.15) is 35.9 Å². The van der Waals surface area contributed by atoms with E-state index in [-0.39, 0.29) is 0 Å². The van der Waals surface area contributed by atoms with Gasteiger partial charge in [-0.3, -0.25) is 4.98 Å². The van der Waals surface area contributed by atoms with Gasteiger partial charge in [0.1, 0.15) is 5.69 Å². The highest BCUT2D eigenvalue weighted by Crippen LogP contribution is 2.20. The molecule has 0 saturated heterocycles. The average molecular weight is 284 g/mol. The van der Waals surface area contributed by atoms with E-state index in [1.54, 1.807) is 6.20 Å². The SMILES string of the molecule is CCCNCCc1c(C)nc(-c2ncccc2C)nc1C. The highest BCUT2D eigenvalue weighted by Gasteiger charge is 2.12. The Morgan fingerprint density at radius 1 is 1.05 bits per heavy atom. The summed E-state index contributed by atoms with van der Waals surface area (Å²) in [5, 5.41) is 3.43. The van der Waals surface area contributed by atoms with Gasteiger partial charge in [0, 0.05) is 17.6 Å². The largest absolute Gasteiger partial charge is 0.316 e. The maximum Gasteiger partial charge on any atom is 0.178 e. The van der Waals surface area contributed by atoms with Crippen LogP contribution >= 0.6 is 0 Å². The van der Waals surface area contributed by atoms with Crippen molar-refractivity contribution >= 4 is 0 Å². The minimum Gasteiger partial charge on any atom is -0.316 e. The van der Waals surface area contributed by atoms with E-state index >= 15 is 0 Å². The molecule has 0 fully saturated rings. The summed E-state index contributed by atoms with van der Waals surface area (Å²) in [4.78, 5) is 13.7.